The predicted molar refractivity (Wildman–Crippen MR) is 178 cm³/mol. The van der Waals surface area contributed by atoms with Gasteiger partial charge in [-0.1, -0.05) is 78.9 Å². The summed E-state index contributed by atoms with van der Waals surface area (Å²) in [6.07, 6.45) is 3.78. The summed E-state index contributed by atoms with van der Waals surface area (Å²) >= 11 is 0. The average molecular weight is 554 g/mol. The van der Waals surface area contributed by atoms with E-state index in [2.05, 4.69) is 154 Å². The van der Waals surface area contributed by atoms with Crippen molar-refractivity contribution in [1.82, 2.24) is 4.98 Å². The van der Waals surface area contributed by atoms with Gasteiger partial charge in [0.2, 0.25) is 0 Å². The molecule has 2 aromatic heterocycles. The van der Waals surface area contributed by atoms with Gasteiger partial charge < -0.3 is 14.2 Å². The van der Waals surface area contributed by atoms with Gasteiger partial charge in [-0.05, 0) is 78.2 Å². The monoisotopic (exact) mass is 553 g/mol. The first kappa shape index (κ1) is 24.9. The van der Waals surface area contributed by atoms with E-state index in [4.69, 9.17) is 4.42 Å². The number of para-hydroxylation sites is 4. The minimum absolute atomic E-state index is 0.823. The van der Waals surface area contributed by atoms with E-state index in [1.165, 1.54) is 0 Å². The topological polar surface area (TPSA) is 32.5 Å². The van der Waals surface area contributed by atoms with Gasteiger partial charge in [0.1, 0.15) is 5.58 Å². The Balaban J connectivity index is 1.51. The van der Waals surface area contributed by atoms with E-state index in [1.54, 1.807) is 0 Å². The third-order valence-corrected chi connectivity index (χ3v) is 7.88. The molecule has 0 aliphatic rings. The van der Waals surface area contributed by atoms with Gasteiger partial charge in [0, 0.05) is 57.0 Å². The first-order valence-corrected chi connectivity index (χ1v) is 14.4. The number of hydrogen-bond acceptors (Lipinski definition) is 4. The Morgan fingerprint density at radius 1 is 0.465 bits per heavy atom. The highest BCUT2D eigenvalue weighted by molar-refractivity contribution is 6.21. The third kappa shape index (κ3) is 4.37. The van der Waals surface area contributed by atoms with Gasteiger partial charge in [0.15, 0.2) is 5.58 Å². The van der Waals surface area contributed by atoms with Crippen LogP contribution in [0.4, 0.5) is 34.1 Å². The molecule has 0 aliphatic carbocycles. The maximum atomic E-state index is 6.77. The van der Waals surface area contributed by atoms with Gasteiger partial charge in [-0.3, -0.25) is 4.98 Å². The molecule has 204 valence electrons. The van der Waals surface area contributed by atoms with Crippen molar-refractivity contribution >= 4 is 66.8 Å². The summed E-state index contributed by atoms with van der Waals surface area (Å²) < 4.78 is 6.77. The maximum Gasteiger partial charge on any atom is 0.159 e. The second kappa shape index (κ2) is 10.5. The van der Waals surface area contributed by atoms with Crippen LogP contribution in [0.3, 0.4) is 0 Å². The normalized spacial score (nSPS) is 11.3. The number of pyridine rings is 1. The van der Waals surface area contributed by atoms with Crippen LogP contribution in [0.2, 0.25) is 0 Å². The largest absolute Gasteiger partial charge is 0.454 e. The second-order valence-corrected chi connectivity index (χ2v) is 10.5. The highest BCUT2D eigenvalue weighted by Gasteiger charge is 2.24. The lowest BCUT2D eigenvalue weighted by molar-refractivity contribution is 0.669. The summed E-state index contributed by atoms with van der Waals surface area (Å²) in [5.41, 5.74) is 7.88. The molecule has 0 N–H and O–H groups in total. The molecule has 0 spiro atoms. The van der Waals surface area contributed by atoms with E-state index in [-0.39, 0.29) is 0 Å². The fourth-order valence-electron chi connectivity index (χ4n) is 5.98. The van der Waals surface area contributed by atoms with Crippen molar-refractivity contribution in [1.29, 1.82) is 0 Å². The van der Waals surface area contributed by atoms with Crippen LogP contribution in [-0.4, -0.2) is 4.98 Å². The van der Waals surface area contributed by atoms with Crippen LogP contribution in [0.5, 0.6) is 0 Å². The van der Waals surface area contributed by atoms with E-state index >= 15 is 0 Å². The minimum Gasteiger partial charge on any atom is -0.454 e. The Kier molecular flexibility index (Phi) is 6.08. The van der Waals surface area contributed by atoms with Crippen LogP contribution in [0.1, 0.15) is 0 Å². The third-order valence-electron chi connectivity index (χ3n) is 7.88. The number of benzene rings is 6. The Labute approximate surface area is 249 Å². The van der Waals surface area contributed by atoms with Gasteiger partial charge in [0.05, 0.1) is 5.69 Å². The van der Waals surface area contributed by atoms with Gasteiger partial charge in [-0.2, -0.15) is 0 Å². The van der Waals surface area contributed by atoms with Crippen LogP contribution >= 0.6 is 0 Å². The molecule has 0 unspecified atom stereocenters. The first-order chi connectivity index (χ1) is 21.3. The number of furan rings is 1. The zero-order valence-corrected chi connectivity index (χ0v) is 23.3. The van der Waals surface area contributed by atoms with Gasteiger partial charge in [0.25, 0.3) is 0 Å². The van der Waals surface area contributed by atoms with E-state index < -0.39 is 0 Å². The Bertz CT molecular complexity index is 2100. The fraction of sp³-hybridized carbons (Fsp3) is 0. The molecule has 4 nitrogen and oxygen atoms in total. The minimum atomic E-state index is 0.823. The smallest absolute Gasteiger partial charge is 0.159 e. The highest BCUT2D eigenvalue weighted by Crippen LogP contribution is 2.47. The summed E-state index contributed by atoms with van der Waals surface area (Å²) in [6.45, 7) is 0. The summed E-state index contributed by atoms with van der Waals surface area (Å²) in [5, 5.41) is 4.29. The van der Waals surface area contributed by atoms with E-state index in [0.29, 0.717) is 0 Å². The lowest BCUT2D eigenvalue weighted by Crippen LogP contribution is -2.13. The van der Waals surface area contributed by atoms with E-state index in [0.717, 1.165) is 66.8 Å². The molecule has 0 radical (unpaired) electrons. The second-order valence-electron chi connectivity index (χ2n) is 10.5. The van der Waals surface area contributed by atoms with E-state index in [1.807, 2.05) is 24.5 Å². The molecule has 2 heterocycles. The Hall–Kier alpha value is -5.87. The van der Waals surface area contributed by atoms with Crippen molar-refractivity contribution in [2.45, 2.75) is 0 Å². The predicted octanol–water partition coefficient (Wildman–Crippen LogP) is 11.1. The van der Waals surface area contributed by atoms with Crippen LogP contribution in [0.25, 0.3) is 32.7 Å². The number of nitrogens with zero attached hydrogens (tertiary/aromatic N) is 3. The molecule has 0 atom stereocenters. The Morgan fingerprint density at radius 2 is 1.00 bits per heavy atom. The summed E-state index contributed by atoms with van der Waals surface area (Å²) in [5.74, 6) is 0. The van der Waals surface area contributed by atoms with Crippen molar-refractivity contribution in [2.75, 3.05) is 9.80 Å². The number of anilines is 6. The van der Waals surface area contributed by atoms with Crippen molar-refractivity contribution in [3.63, 3.8) is 0 Å². The standard InChI is InChI=1S/C39H27N3O/c1-5-13-29(14-6-1)41(30-15-7-2-8-16-30)33-25-34-38-35-27-40-24-23-28(35)21-22-37(38)43-39(34)36(26-33)42(31-17-9-3-10-18-31)32-19-11-4-12-20-32/h1-27H. The van der Waals surface area contributed by atoms with Crippen LogP contribution in [-0.2, 0) is 0 Å². The number of rotatable bonds is 6. The molecule has 0 fully saturated rings. The van der Waals surface area contributed by atoms with Gasteiger partial charge in [-0.15, -0.1) is 0 Å². The molecule has 6 aromatic carbocycles. The lowest BCUT2D eigenvalue weighted by atomic mass is 10.0. The van der Waals surface area contributed by atoms with Gasteiger partial charge >= 0.3 is 0 Å². The molecule has 0 saturated heterocycles. The molecule has 8 rings (SSSR count). The highest BCUT2D eigenvalue weighted by atomic mass is 16.3. The number of hydrogen-bond donors (Lipinski definition) is 0. The molecule has 0 saturated carbocycles. The van der Waals surface area contributed by atoms with Crippen LogP contribution in [0.15, 0.2) is 168 Å². The summed E-state index contributed by atoms with van der Waals surface area (Å²) in [4.78, 5) is 9.08. The summed E-state index contributed by atoms with van der Waals surface area (Å²) in [7, 11) is 0. The molecule has 4 heteroatoms. The van der Waals surface area contributed by atoms with Crippen molar-refractivity contribution in [3.8, 4) is 0 Å². The lowest BCUT2D eigenvalue weighted by Gasteiger charge is -2.29. The zero-order valence-electron chi connectivity index (χ0n) is 23.3. The van der Waals surface area contributed by atoms with Gasteiger partial charge in [-0.25, -0.2) is 0 Å². The van der Waals surface area contributed by atoms with E-state index in [9.17, 15) is 0 Å². The van der Waals surface area contributed by atoms with Crippen LogP contribution in [0, 0.1) is 0 Å². The Morgan fingerprint density at radius 3 is 1.56 bits per heavy atom. The fourth-order valence-corrected chi connectivity index (χ4v) is 5.98. The molecule has 0 aliphatic heterocycles. The van der Waals surface area contributed by atoms with Crippen molar-refractivity contribution < 1.29 is 4.42 Å². The average Bonchev–Trinajstić information content (AvgIpc) is 3.47. The first-order valence-electron chi connectivity index (χ1n) is 14.4. The van der Waals surface area contributed by atoms with Crippen molar-refractivity contribution in [3.05, 3.63) is 164 Å². The number of aromatic nitrogens is 1. The quantitative estimate of drug-likeness (QED) is 0.205. The molecule has 43 heavy (non-hydrogen) atoms. The SMILES string of the molecule is c1ccc(N(c2ccccc2)c2cc(N(c3ccccc3)c3ccccc3)c3oc4ccc5ccncc5c4c3c2)cc1. The zero-order chi connectivity index (χ0) is 28.6. The molecule has 8 aromatic rings. The molecule has 0 amide bonds. The number of fused-ring (bicyclic) bond motifs is 5. The maximum absolute atomic E-state index is 6.77. The molecular weight excluding hydrogens is 526 g/mol. The molecule has 0 bridgehead atoms. The van der Waals surface area contributed by atoms with Crippen molar-refractivity contribution in [2.24, 2.45) is 0 Å². The summed E-state index contributed by atoms with van der Waals surface area (Å²) in [6, 6.07) is 52.7. The van der Waals surface area contributed by atoms with Crippen LogP contribution < -0.4 is 9.80 Å². The molecular formula is C39H27N3O.